The quantitative estimate of drug-likeness (QED) is 0.682. The van der Waals surface area contributed by atoms with Gasteiger partial charge in [0.25, 0.3) is 0 Å². The summed E-state index contributed by atoms with van der Waals surface area (Å²) < 4.78 is 5.41. The summed E-state index contributed by atoms with van der Waals surface area (Å²) in [7, 11) is 0. The summed E-state index contributed by atoms with van der Waals surface area (Å²) in [5.74, 6) is 0.528. The van der Waals surface area contributed by atoms with E-state index in [1.807, 2.05) is 4.90 Å². The molecule has 0 aliphatic carbocycles. The van der Waals surface area contributed by atoms with Crippen molar-refractivity contribution in [1.29, 1.82) is 5.26 Å². The number of aromatic nitrogens is 2. The smallest absolute Gasteiger partial charge is 0.410 e. The Morgan fingerprint density at radius 2 is 1.97 bits per heavy atom. The van der Waals surface area contributed by atoms with Crippen molar-refractivity contribution in [3.63, 3.8) is 0 Å². The summed E-state index contributed by atoms with van der Waals surface area (Å²) in [6, 6.07) is 1.59. The van der Waals surface area contributed by atoms with Crippen LogP contribution in [0.1, 0.15) is 32.0 Å². The fourth-order valence-corrected chi connectivity index (χ4v) is 3.60. The van der Waals surface area contributed by atoms with Gasteiger partial charge in [-0.2, -0.15) is 5.26 Å². The van der Waals surface area contributed by atoms with Gasteiger partial charge >= 0.3 is 12.2 Å². The van der Waals surface area contributed by atoms with Crippen LogP contribution in [-0.4, -0.2) is 74.9 Å². The molecule has 1 atom stereocenters. The monoisotopic (exact) mass is 422 g/mol. The number of rotatable bonds is 1. The average molecular weight is 423 g/mol. The predicted octanol–water partition coefficient (Wildman–Crippen LogP) is 2.12. The van der Waals surface area contributed by atoms with Gasteiger partial charge in [-0.25, -0.2) is 19.6 Å². The molecule has 10 nitrogen and oxygen atoms in total. The number of anilines is 1. The van der Waals surface area contributed by atoms with Crippen LogP contribution in [0.15, 0.2) is 0 Å². The number of piperazine rings is 1. The molecule has 3 rings (SSSR count). The Bertz CT molecular complexity index is 865. The second-order valence-electron chi connectivity index (χ2n) is 7.96. The van der Waals surface area contributed by atoms with Crippen molar-refractivity contribution in [2.24, 2.45) is 0 Å². The molecule has 1 N–H and O–H groups in total. The molecule has 0 radical (unpaired) electrons. The van der Waals surface area contributed by atoms with Crippen LogP contribution in [-0.2, 0) is 17.7 Å². The molecular weight excluding hydrogens is 400 g/mol. The SMILES string of the molecule is CC(C)(C)OC(=O)N1CCN(c2nc(Cl)nc3c2CCN(C(=O)O)C3)[C@@H](C#N)C1. The maximum absolute atomic E-state index is 12.4. The molecule has 0 bridgehead atoms. The summed E-state index contributed by atoms with van der Waals surface area (Å²) >= 11 is 6.09. The number of carboxylic acid groups (broad SMARTS) is 1. The van der Waals surface area contributed by atoms with Gasteiger partial charge in [-0.15, -0.1) is 0 Å². The predicted molar refractivity (Wildman–Crippen MR) is 104 cm³/mol. The van der Waals surface area contributed by atoms with E-state index in [0.29, 0.717) is 37.6 Å². The first-order valence-corrected chi connectivity index (χ1v) is 9.64. The van der Waals surface area contributed by atoms with Gasteiger partial charge in [0.15, 0.2) is 0 Å². The number of fused-ring (bicyclic) bond motifs is 1. The molecule has 3 heterocycles. The Morgan fingerprint density at radius 1 is 1.24 bits per heavy atom. The van der Waals surface area contributed by atoms with E-state index in [-0.39, 0.29) is 18.4 Å². The molecule has 0 saturated carbocycles. The van der Waals surface area contributed by atoms with Crippen LogP contribution in [0.25, 0.3) is 0 Å². The second-order valence-corrected chi connectivity index (χ2v) is 8.30. The molecule has 2 amide bonds. The minimum atomic E-state index is -1.02. The van der Waals surface area contributed by atoms with Crippen molar-refractivity contribution in [3.8, 4) is 6.07 Å². The Hall–Kier alpha value is -2.80. The molecule has 1 fully saturated rings. The van der Waals surface area contributed by atoms with E-state index in [2.05, 4.69) is 16.0 Å². The molecule has 29 heavy (non-hydrogen) atoms. The lowest BCUT2D eigenvalue weighted by atomic mass is 10.0. The molecule has 0 aromatic carbocycles. The van der Waals surface area contributed by atoms with Crippen molar-refractivity contribution in [3.05, 3.63) is 16.5 Å². The van der Waals surface area contributed by atoms with E-state index >= 15 is 0 Å². The maximum Gasteiger partial charge on any atom is 0.410 e. The first kappa shape index (κ1) is 20.9. The molecule has 11 heteroatoms. The zero-order valence-electron chi connectivity index (χ0n) is 16.6. The van der Waals surface area contributed by atoms with E-state index in [1.54, 1.807) is 20.8 Å². The minimum Gasteiger partial charge on any atom is -0.465 e. The number of carbonyl (C=O) groups is 2. The lowest BCUT2D eigenvalue weighted by Gasteiger charge is -2.40. The summed E-state index contributed by atoms with van der Waals surface area (Å²) in [5.41, 5.74) is 0.712. The second kappa shape index (κ2) is 7.91. The topological polar surface area (TPSA) is 123 Å². The van der Waals surface area contributed by atoms with Crippen molar-refractivity contribution in [2.75, 3.05) is 31.1 Å². The fourth-order valence-electron chi connectivity index (χ4n) is 3.42. The highest BCUT2D eigenvalue weighted by Gasteiger charge is 2.35. The molecular formula is C18H23ClN6O4. The Labute approximate surface area is 173 Å². The van der Waals surface area contributed by atoms with Crippen LogP contribution in [0.2, 0.25) is 5.28 Å². The van der Waals surface area contributed by atoms with Crippen molar-refractivity contribution in [1.82, 2.24) is 19.8 Å². The zero-order chi connectivity index (χ0) is 21.3. The molecule has 2 aliphatic heterocycles. The largest absolute Gasteiger partial charge is 0.465 e. The molecule has 1 aromatic rings. The van der Waals surface area contributed by atoms with Crippen molar-refractivity contribution in [2.45, 2.75) is 45.4 Å². The molecule has 2 aliphatic rings. The lowest BCUT2D eigenvalue weighted by Crippen LogP contribution is -2.56. The van der Waals surface area contributed by atoms with Crippen LogP contribution in [0.5, 0.6) is 0 Å². The summed E-state index contributed by atoms with van der Waals surface area (Å²) in [5, 5.41) is 18.9. The van der Waals surface area contributed by atoms with Crippen LogP contribution in [0, 0.1) is 11.3 Å². The van der Waals surface area contributed by atoms with E-state index in [0.717, 1.165) is 5.56 Å². The first-order chi connectivity index (χ1) is 13.6. The van der Waals surface area contributed by atoms with E-state index in [4.69, 9.17) is 16.3 Å². The van der Waals surface area contributed by atoms with Crippen LogP contribution in [0.3, 0.4) is 0 Å². The van der Waals surface area contributed by atoms with E-state index in [9.17, 15) is 20.0 Å². The third-order valence-corrected chi connectivity index (χ3v) is 4.91. The van der Waals surface area contributed by atoms with Crippen LogP contribution >= 0.6 is 11.6 Å². The normalized spacial score (nSPS) is 19.4. The van der Waals surface area contributed by atoms with Crippen LogP contribution < -0.4 is 4.90 Å². The Balaban J connectivity index is 1.84. The van der Waals surface area contributed by atoms with Gasteiger partial charge < -0.3 is 24.5 Å². The Kier molecular flexibility index (Phi) is 5.71. The molecule has 156 valence electrons. The van der Waals surface area contributed by atoms with Gasteiger partial charge in [-0.05, 0) is 38.8 Å². The number of amides is 2. The number of ether oxygens (including phenoxy) is 1. The first-order valence-electron chi connectivity index (χ1n) is 9.26. The molecule has 0 unspecified atom stereocenters. The van der Waals surface area contributed by atoms with Gasteiger partial charge in [0.1, 0.15) is 17.5 Å². The number of carbonyl (C=O) groups excluding carboxylic acids is 1. The summed E-state index contributed by atoms with van der Waals surface area (Å²) in [4.78, 5) is 36.8. The molecule has 1 aromatic heterocycles. The number of hydrogen-bond donors (Lipinski definition) is 1. The summed E-state index contributed by atoms with van der Waals surface area (Å²) in [6.45, 7) is 6.72. The van der Waals surface area contributed by atoms with Gasteiger partial charge in [0.2, 0.25) is 5.28 Å². The number of nitrogens with zero attached hydrogens (tertiary/aromatic N) is 6. The Morgan fingerprint density at radius 3 is 2.59 bits per heavy atom. The van der Waals surface area contributed by atoms with Crippen LogP contribution in [0.4, 0.5) is 15.4 Å². The zero-order valence-corrected chi connectivity index (χ0v) is 17.3. The number of hydrogen-bond acceptors (Lipinski definition) is 7. The standard InChI is InChI=1S/C18H23ClN6O4/c1-18(2,3)29-17(28)24-6-7-25(11(8-20)9-24)14-12-4-5-23(16(26)27)10-13(12)21-15(19)22-14/h11H,4-7,9-10H2,1-3H3,(H,26,27)/t11-/m0/s1. The lowest BCUT2D eigenvalue weighted by molar-refractivity contribution is 0.0226. The number of halogens is 1. The highest BCUT2D eigenvalue weighted by atomic mass is 35.5. The minimum absolute atomic E-state index is 0.00255. The fraction of sp³-hybridized carbons (Fsp3) is 0.611. The van der Waals surface area contributed by atoms with Crippen molar-refractivity contribution < 1.29 is 19.4 Å². The van der Waals surface area contributed by atoms with Gasteiger partial charge in [0.05, 0.1) is 24.9 Å². The van der Waals surface area contributed by atoms with Gasteiger partial charge in [0, 0.05) is 25.2 Å². The highest BCUT2D eigenvalue weighted by Crippen LogP contribution is 2.30. The third-order valence-electron chi connectivity index (χ3n) is 4.74. The maximum atomic E-state index is 12.4. The average Bonchev–Trinajstić information content (AvgIpc) is 2.64. The highest BCUT2D eigenvalue weighted by molar-refractivity contribution is 6.28. The van der Waals surface area contributed by atoms with Gasteiger partial charge in [-0.3, -0.25) is 0 Å². The molecule has 1 saturated heterocycles. The number of nitriles is 1. The summed E-state index contributed by atoms with van der Waals surface area (Å²) in [6.07, 6.45) is -1.05. The van der Waals surface area contributed by atoms with Crippen molar-refractivity contribution >= 4 is 29.6 Å². The van der Waals surface area contributed by atoms with E-state index in [1.165, 1.54) is 9.80 Å². The van der Waals surface area contributed by atoms with E-state index < -0.39 is 23.8 Å². The molecule has 0 spiro atoms. The van der Waals surface area contributed by atoms with Gasteiger partial charge in [-0.1, -0.05) is 0 Å². The third kappa shape index (κ3) is 4.62.